The fraction of sp³-hybridized carbons (Fsp3) is 0.385. The second-order valence-electron chi connectivity index (χ2n) is 4.48. The molecule has 0 bridgehead atoms. The molecule has 0 amide bonds. The van der Waals surface area contributed by atoms with Crippen molar-refractivity contribution in [3.8, 4) is 11.4 Å². The highest BCUT2D eigenvalue weighted by atomic mass is 79.9. The third kappa shape index (κ3) is 3.19. The molecule has 0 radical (unpaired) electrons. The van der Waals surface area contributed by atoms with Crippen molar-refractivity contribution in [2.75, 3.05) is 7.05 Å². The van der Waals surface area contributed by atoms with E-state index in [9.17, 15) is 4.39 Å². The normalized spacial score (nSPS) is 14.4. The zero-order valence-electron chi connectivity index (χ0n) is 10.9. The van der Waals surface area contributed by atoms with E-state index in [0.29, 0.717) is 21.8 Å². The van der Waals surface area contributed by atoms with Gasteiger partial charge in [0.25, 0.3) is 0 Å². The van der Waals surface area contributed by atoms with Crippen LogP contribution in [0, 0.1) is 5.82 Å². The van der Waals surface area contributed by atoms with Crippen molar-refractivity contribution in [2.24, 2.45) is 0 Å². The van der Waals surface area contributed by atoms with Crippen LogP contribution in [0.5, 0.6) is 0 Å². The van der Waals surface area contributed by atoms with Gasteiger partial charge in [-0.3, -0.25) is 0 Å². The van der Waals surface area contributed by atoms with Crippen LogP contribution in [0.3, 0.4) is 0 Å². The molecular formula is C13H15BrFN3O. The highest BCUT2D eigenvalue weighted by Crippen LogP contribution is 2.25. The molecule has 2 atom stereocenters. The first-order chi connectivity index (χ1) is 9.01. The molecule has 4 nitrogen and oxygen atoms in total. The van der Waals surface area contributed by atoms with Crippen molar-refractivity contribution in [3.05, 3.63) is 34.4 Å². The zero-order valence-corrected chi connectivity index (χ0v) is 12.5. The molecular weight excluding hydrogens is 313 g/mol. The predicted octanol–water partition coefficient (Wildman–Crippen LogP) is 3.35. The van der Waals surface area contributed by atoms with Gasteiger partial charge in [0.15, 0.2) is 0 Å². The number of aromatic nitrogens is 2. The molecule has 0 spiro atoms. The third-order valence-electron chi connectivity index (χ3n) is 3.16. The maximum atomic E-state index is 13.3. The van der Waals surface area contributed by atoms with Gasteiger partial charge < -0.3 is 9.84 Å². The molecule has 1 aromatic carbocycles. The summed E-state index contributed by atoms with van der Waals surface area (Å²) in [6.07, 6.45) is 0. The summed E-state index contributed by atoms with van der Waals surface area (Å²) >= 11 is 3.24. The molecule has 0 saturated heterocycles. The van der Waals surface area contributed by atoms with Gasteiger partial charge in [-0.25, -0.2) is 4.39 Å². The van der Waals surface area contributed by atoms with Crippen LogP contribution in [0.4, 0.5) is 4.39 Å². The van der Waals surface area contributed by atoms with Gasteiger partial charge in [0.1, 0.15) is 5.82 Å². The van der Waals surface area contributed by atoms with Crippen LogP contribution in [0.1, 0.15) is 25.7 Å². The number of hydrogen-bond donors (Lipinski definition) is 1. The van der Waals surface area contributed by atoms with Crippen molar-refractivity contribution < 1.29 is 8.91 Å². The lowest BCUT2D eigenvalue weighted by Gasteiger charge is -2.14. The minimum absolute atomic E-state index is 0.0863. The van der Waals surface area contributed by atoms with Crippen LogP contribution < -0.4 is 5.32 Å². The molecule has 1 heterocycles. The summed E-state index contributed by atoms with van der Waals surface area (Å²) in [4.78, 5) is 4.33. The summed E-state index contributed by atoms with van der Waals surface area (Å²) in [6.45, 7) is 4.03. The Labute approximate surface area is 119 Å². The van der Waals surface area contributed by atoms with E-state index in [0.717, 1.165) is 0 Å². The van der Waals surface area contributed by atoms with Gasteiger partial charge in [0, 0.05) is 16.1 Å². The molecule has 19 heavy (non-hydrogen) atoms. The summed E-state index contributed by atoms with van der Waals surface area (Å²) in [5.41, 5.74) is 0.589. The first-order valence-corrected chi connectivity index (χ1v) is 6.78. The molecule has 0 aliphatic rings. The van der Waals surface area contributed by atoms with E-state index in [1.807, 2.05) is 20.9 Å². The van der Waals surface area contributed by atoms with Crippen LogP contribution in [0.15, 0.2) is 27.2 Å². The second kappa shape index (κ2) is 5.79. The van der Waals surface area contributed by atoms with Gasteiger partial charge in [-0.05, 0) is 32.2 Å². The van der Waals surface area contributed by atoms with E-state index in [-0.39, 0.29) is 17.8 Å². The minimum Gasteiger partial charge on any atom is -0.339 e. The highest BCUT2D eigenvalue weighted by molar-refractivity contribution is 9.10. The standard InChI is InChI=1S/C13H15BrFN3O/c1-7(8(2)16-3)13-17-12(18-19-13)9-4-10(14)6-11(15)5-9/h4-8,16H,1-3H3. The molecule has 1 N–H and O–H groups in total. The van der Waals surface area contributed by atoms with E-state index >= 15 is 0 Å². The number of hydrogen-bond acceptors (Lipinski definition) is 4. The van der Waals surface area contributed by atoms with Gasteiger partial charge >= 0.3 is 0 Å². The fourth-order valence-electron chi connectivity index (χ4n) is 1.68. The van der Waals surface area contributed by atoms with Crippen molar-refractivity contribution in [1.29, 1.82) is 0 Å². The van der Waals surface area contributed by atoms with E-state index in [2.05, 4.69) is 31.4 Å². The van der Waals surface area contributed by atoms with E-state index in [1.54, 1.807) is 6.07 Å². The molecule has 2 unspecified atom stereocenters. The number of likely N-dealkylation sites (N-methyl/N-ethyl adjacent to an activating group) is 1. The van der Waals surface area contributed by atoms with Crippen molar-refractivity contribution >= 4 is 15.9 Å². The number of rotatable bonds is 4. The van der Waals surface area contributed by atoms with E-state index < -0.39 is 0 Å². The summed E-state index contributed by atoms with van der Waals surface area (Å²) in [5.74, 6) is 0.679. The highest BCUT2D eigenvalue weighted by Gasteiger charge is 2.20. The first-order valence-electron chi connectivity index (χ1n) is 5.98. The Morgan fingerprint density at radius 2 is 2.05 bits per heavy atom. The van der Waals surface area contributed by atoms with Crippen molar-refractivity contribution in [2.45, 2.75) is 25.8 Å². The SMILES string of the molecule is CNC(C)C(C)c1nc(-c2cc(F)cc(Br)c2)no1. The Morgan fingerprint density at radius 3 is 2.68 bits per heavy atom. The van der Waals surface area contributed by atoms with Gasteiger partial charge in [-0.1, -0.05) is 28.0 Å². The second-order valence-corrected chi connectivity index (χ2v) is 5.40. The Morgan fingerprint density at radius 1 is 1.32 bits per heavy atom. The lowest BCUT2D eigenvalue weighted by Crippen LogP contribution is -2.27. The monoisotopic (exact) mass is 327 g/mol. The quantitative estimate of drug-likeness (QED) is 0.935. The predicted molar refractivity (Wildman–Crippen MR) is 74.3 cm³/mol. The van der Waals surface area contributed by atoms with E-state index in [1.165, 1.54) is 12.1 Å². The summed E-state index contributed by atoms with van der Waals surface area (Å²) in [7, 11) is 1.88. The summed E-state index contributed by atoms with van der Waals surface area (Å²) < 4.78 is 19.2. The largest absolute Gasteiger partial charge is 0.339 e. The molecule has 1 aromatic heterocycles. The Balaban J connectivity index is 2.30. The average molecular weight is 328 g/mol. The minimum atomic E-state index is -0.340. The lowest BCUT2D eigenvalue weighted by molar-refractivity contribution is 0.336. The maximum absolute atomic E-state index is 13.3. The molecule has 102 valence electrons. The van der Waals surface area contributed by atoms with Gasteiger partial charge in [0.2, 0.25) is 11.7 Å². The van der Waals surface area contributed by atoms with Gasteiger partial charge in [-0.2, -0.15) is 4.98 Å². The van der Waals surface area contributed by atoms with Crippen LogP contribution in [-0.4, -0.2) is 23.2 Å². The molecule has 2 rings (SSSR count). The van der Waals surface area contributed by atoms with Gasteiger partial charge in [0.05, 0.1) is 5.92 Å². The van der Waals surface area contributed by atoms with Gasteiger partial charge in [-0.15, -0.1) is 0 Å². The number of nitrogens with zero attached hydrogens (tertiary/aromatic N) is 2. The van der Waals surface area contributed by atoms with E-state index in [4.69, 9.17) is 4.52 Å². The molecule has 0 saturated carbocycles. The topological polar surface area (TPSA) is 51.0 Å². The first kappa shape index (κ1) is 14.1. The maximum Gasteiger partial charge on any atom is 0.231 e. The smallest absolute Gasteiger partial charge is 0.231 e. The fourth-order valence-corrected chi connectivity index (χ4v) is 2.15. The van der Waals surface area contributed by atoms with Crippen LogP contribution >= 0.6 is 15.9 Å². The third-order valence-corrected chi connectivity index (χ3v) is 3.62. The van der Waals surface area contributed by atoms with Crippen LogP contribution in [-0.2, 0) is 0 Å². The molecule has 6 heteroatoms. The zero-order chi connectivity index (χ0) is 14.0. The molecule has 0 aliphatic heterocycles. The van der Waals surface area contributed by atoms with Crippen LogP contribution in [0.25, 0.3) is 11.4 Å². The Bertz CT molecular complexity index is 553. The van der Waals surface area contributed by atoms with Crippen molar-refractivity contribution in [3.63, 3.8) is 0 Å². The van der Waals surface area contributed by atoms with Crippen LogP contribution in [0.2, 0.25) is 0 Å². The molecule has 0 aliphatic carbocycles. The lowest BCUT2D eigenvalue weighted by atomic mass is 10.0. The number of halogens is 2. The molecule has 2 aromatic rings. The number of nitrogens with one attached hydrogen (secondary N) is 1. The Hall–Kier alpha value is -1.27. The summed E-state index contributed by atoms with van der Waals surface area (Å²) in [6, 6.07) is 4.73. The average Bonchev–Trinajstić information content (AvgIpc) is 2.85. The number of benzene rings is 1. The van der Waals surface area contributed by atoms with Crippen molar-refractivity contribution in [1.82, 2.24) is 15.5 Å². The Kier molecular flexibility index (Phi) is 4.31. The molecule has 0 fully saturated rings. The summed E-state index contributed by atoms with van der Waals surface area (Å²) in [5, 5.41) is 7.04.